The van der Waals surface area contributed by atoms with Crippen molar-refractivity contribution < 1.29 is 4.74 Å². The van der Waals surface area contributed by atoms with Crippen molar-refractivity contribution in [3.05, 3.63) is 0 Å². The van der Waals surface area contributed by atoms with Crippen LogP contribution in [0.1, 0.15) is 57.8 Å². The average molecular weight is 283 g/mol. The molecular formula is C16H29NOS. The maximum Gasteiger partial charge on any atom is 0.0701 e. The van der Waals surface area contributed by atoms with Gasteiger partial charge in [-0.15, -0.1) is 0 Å². The molecule has 110 valence electrons. The second kappa shape index (κ2) is 6.36. The SMILES string of the molecule is NC(CC1CCCC1)C1CCOC2(CCSCC2)C1. The van der Waals surface area contributed by atoms with Gasteiger partial charge in [-0.2, -0.15) is 11.8 Å². The van der Waals surface area contributed by atoms with E-state index in [1.54, 1.807) is 0 Å². The van der Waals surface area contributed by atoms with E-state index in [1.807, 2.05) is 0 Å². The van der Waals surface area contributed by atoms with Crippen molar-refractivity contribution in [3.8, 4) is 0 Å². The van der Waals surface area contributed by atoms with Crippen LogP contribution in [0.3, 0.4) is 0 Å². The number of hydrogen-bond donors (Lipinski definition) is 1. The second-order valence-corrected chi connectivity index (χ2v) is 8.17. The lowest BCUT2D eigenvalue weighted by atomic mass is 9.77. The number of rotatable bonds is 3. The van der Waals surface area contributed by atoms with Gasteiger partial charge in [-0.25, -0.2) is 0 Å². The highest BCUT2D eigenvalue weighted by Crippen LogP contribution is 2.41. The van der Waals surface area contributed by atoms with E-state index >= 15 is 0 Å². The minimum Gasteiger partial charge on any atom is -0.375 e. The molecule has 1 aliphatic carbocycles. The minimum absolute atomic E-state index is 0.210. The normalized spacial score (nSPS) is 33.6. The Morgan fingerprint density at radius 2 is 1.89 bits per heavy atom. The van der Waals surface area contributed by atoms with Crippen molar-refractivity contribution >= 4 is 11.8 Å². The molecule has 0 amide bonds. The van der Waals surface area contributed by atoms with Crippen molar-refractivity contribution in [2.75, 3.05) is 18.1 Å². The molecule has 2 atom stereocenters. The molecule has 3 rings (SSSR count). The fourth-order valence-corrected chi connectivity index (χ4v) is 5.58. The van der Waals surface area contributed by atoms with Gasteiger partial charge in [0, 0.05) is 12.6 Å². The van der Waals surface area contributed by atoms with E-state index in [-0.39, 0.29) is 5.60 Å². The predicted molar refractivity (Wildman–Crippen MR) is 82.5 cm³/mol. The van der Waals surface area contributed by atoms with Crippen LogP contribution in [0, 0.1) is 11.8 Å². The minimum atomic E-state index is 0.210. The highest BCUT2D eigenvalue weighted by atomic mass is 32.2. The summed E-state index contributed by atoms with van der Waals surface area (Å²) >= 11 is 2.09. The molecule has 0 aromatic rings. The van der Waals surface area contributed by atoms with Crippen LogP contribution in [0.2, 0.25) is 0 Å². The van der Waals surface area contributed by atoms with Gasteiger partial charge in [0.25, 0.3) is 0 Å². The summed E-state index contributed by atoms with van der Waals surface area (Å²) in [6.45, 7) is 0.952. The number of nitrogens with two attached hydrogens (primary N) is 1. The molecular weight excluding hydrogens is 254 g/mol. The second-order valence-electron chi connectivity index (χ2n) is 6.95. The number of ether oxygens (including phenoxy) is 1. The van der Waals surface area contributed by atoms with Gasteiger partial charge < -0.3 is 10.5 Å². The van der Waals surface area contributed by atoms with Gasteiger partial charge in [0.2, 0.25) is 0 Å². The van der Waals surface area contributed by atoms with E-state index < -0.39 is 0 Å². The van der Waals surface area contributed by atoms with Crippen molar-refractivity contribution in [2.45, 2.75) is 69.4 Å². The molecule has 2 aliphatic heterocycles. The molecule has 2 nitrogen and oxygen atoms in total. The highest BCUT2D eigenvalue weighted by molar-refractivity contribution is 7.99. The quantitative estimate of drug-likeness (QED) is 0.860. The lowest BCUT2D eigenvalue weighted by molar-refractivity contribution is -0.106. The van der Waals surface area contributed by atoms with Crippen molar-refractivity contribution in [3.63, 3.8) is 0 Å². The van der Waals surface area contributed by atoms with E-state index in [2.05, 4.69) is 11.8 Å². The molecule has 2 unspecified atom stereocenters. The van der Waals surface area contributed by atoms with Crippen LogP contribution in [0.15, 0.2) is 0 Å². The molecule has 1 spiro atoms. The summed E-state index contributed by atoms with van der Waals surface area (Å²) in [6.07, 6.45) is 11.9. The van der Waals surface area contributed by atoms with Gasteiger partial charge in [0.15, 0.2) is 0 Å². The fourth-order valence-electron chi connectivity index (χ4n) is 4.35. The Morgan fingerprint density at radius 1 is 1.16 bits per heavy atom. The van der Waals surface area contributed by atoms with Gasteiger partial charge in [-0.05, 0) is 55.4 Å². The van der Waals surface area contributed by atoms with Gasteiger partial charge in [-0.3, -0.25) is 0 Å². The third-order valence-corrected chi connectivity index (χ3v) is 6.61. The average Bonchev–Trinajstić information content (AvgIpc) is 2.92. The Kier molecular flexibility index (Phi) is 4.76. The van der Waals surface area contributed by atoms with Crippen LogP contribution in [-0.2, 0) is 4.74 Å². The first kappa shape index (κ1) is 14.2. The zero-order chi connectivity index (χ0) is 13.1. The first-order chi connectivity index (χ1) is 9.27. The first-order valence-corrected chi connectivity index (χ1v) is 9.40. The summed E-state index contributed by atoms with van der Waals surface area (Å²) in [4.78, 5) is 0. The Balaban J connectivity index is 1.54. The van der Waals surface area contributed by atoms with Crippen LogP contribution in [0.5, 0.6) is 0 Å². The zero-order valence-electron chi connectivity index (χ0n) is 12.1. The van der Waals surface area contributed by atoms with E-state index in [4.69, 9.17) is 10.5 Å². The molecule has 2 saturated heterocycles. The smallest absolute Gasteiger partial charge is 0.0701 e. The molecule has 3 heteroatoms. The number of hydrogen-bond acceptors (Lipinski definition) is 3. The van der Waals surface area contributed by atoms with Gasteiger partial charge in [-0.1, -0.05) is 25.7 Å². The molecule has 19 heavy (non-hydrogen) atoms. The summed E-state index contributed by atoms with van der Waals surface area (Å²) in [5.41, 5.74) is 6.77. The van der Waals surface area contributed by atoms with E-state index in [0.29, 0.717) is 6.04 Å². The molecule has 2 N–H and O–H groups in total. The third kappa shape index (κ3) is 3.48. The maximum atomic E-state index is 6.56. The molecule has 2 heterocycles. The molecule has 0 bridgehead atoms. The first-order valence-electron chi connectivity index (χ1n) is 8.25. The van der Waals surface area contributed by atoms with E-state index in [1.165, 1.54) is 69.3 Å². The molecule has 0 radical (unpaired) electrons. The van der Waals surface area contributed by atoms with Gasteiger partial charge in [0.1, 0.15) is 0 Å². The molecule has 1 saturated carbocycles. The van der Waals surface area contributed by atoms with Gasteiger partial charge >= 0.3 is 0 Å². The van der Waals surface area contributed by atoms with Crippen LogP contribution >= 0.6 is 11.8 Å². The maximum absolute atomic E-state index is 6.56. The van der Waals surface area contributed by atoms with Gasteiger partial charge in [0.05, 0.1) is 5.60 Å². The van der Waals surface area contributed by atoms with Crippen LogP contribution in [0.25, 0.3) is 0 Å². The summed E-state index contributed by atoms with van der Waals surface area (Å²) in [7, 11) is 0. The lowest BCUT2D eigenvalue weighted by Crippen LogP contribution is -2.47. The molecule has 0 aromatic heterocycles. The van der Waals surface area contributed by atoms with Crippen LogP contribution in [-0.4, -0.2) is 29.8 Å². The molecule has 3 fully saturated rings. The standard InChI is InChI=1S/C16H29NOS/c17-15(11-13-3-1-2-4-13)14-5-8-18-16(12-14)6-9-19-10-7-16/h13-15H,1-12,17H2. The van der Waals surface area contributed by atoms with Crippen LogP contribution < -0.4 is 5.73 Å². The Bertz CT molecular complexity index is 279. The summed E-state index contributed by atoms with van der Waals surface area (Å²) < 4.78 is 6.19. The molecule has 0 aromatic carbocycles. The summed E-state index contributed by atoms with van der Waals surface area (Å²) in [5, 5.41) is 0. The fraction of sp³-hybridized carbons (Fsp3) is 1.00. The number of thioether (sulfide) groups is 1. The summed E-state index contributed by atoms with van der Waals surface area (Å²) in [5.74, 6) is 4.21. The topological polar surface area (TPSA) is 35.2 Å². The van der Waals surface area contributed by atoms with Crippen molar-refractivity contribution in [2.24, 2.45) is 17.6 Å². The van der Waals surface area contributed by atoms with Crippen molar-refractivity contribution in [1.82, 2.24) is 0 Å². The Labute approximate surface area is 122 Å². The molecule has 3 aliphatic rings. The zero-order valence-corrected chi connectivity index (χ0v) is 12.9. The Morgan fingerprint density at radius 3 is 2.63 bits per heavy atom. The Hall–Kier alpha value is 0.270. The summed E-state index contributed by atoms with van der Waals surface area (Å²) in [6, 6.07) is 0.429. The largest absolute Gasteiger partial charge is 0.375 e. The predicted octanol–water partition coefficient (Wildman–Crippen LogP) is 3.59. The van der Waals surface area contributed by atoms with Crippen LogP contribution in [0.4, 0.5) is 0 Å². The highest BCUT2D eigenvalue weighted by Gasteiger charge is 2.40. The van der Waals surface area contributed by atoms with Crippen molar-refractivity contribution in [1.29, 1.82) is 0 Å². The third-order valence-electron chi connectivity index (χ3n) is 5.62. The lowest BCUT2D eigenvalue weighted by Gasteiger charge is -2.45. The van der Waals surface area contributed by atoms with E-state index in [0.717, 1.165) is 18.4 Å². The monoisotopic (exact) mass is 283 g/mol. The van der Waals surface area contributed by atoms with E-state index in [9.17, 15) is 0 Å².